The van der Waals surface area contributed by atoms with Gasteiger partial charge in [-0.05, 0) is 50.3 Å². The molecule has 2 aromatic carbocycles. The number of rotatable bonds is 7. The molecule has 0 bridgehead atoms. The molecule has 3 aromatic rings. The number of hydroxylamine groups is 2. The summed E-state index contributed by atoms with van der Waals surface area (Å²) in [7, 11) is 1.65. The fourth-order valence-electron chi connectivity index (χ4n) is 4.51. The SMILES string of the molecule is CC.CON(C(C)CC(c1ccccc1)c1c(O)c2ccccc2oc1=O)[C@H]1CCCCO1. The van der Waals surface area contributed by atoms with Crippen molar-refractivity contribution in [1.29, 1.82) is 0 Å². The Kier molecular flexibility index (Phi) is 9.06. The molecule has 0 amide bonds. The quantitative estimate of drug-likeness (QED) is 0.359. The average molecular weight is 454 g/mol. The first-order valence-corrected chi connectivity index (χ1v) is 11.8. The predicted molar refractivity (Wildman–Crippen MR) is 130 cm³/mol. The molecule has 2 heterocycles. The van der Waals surface area contributed by atoms with Crippen molar-refractivity contribution >= 4 is 11.0 Å². The molecule has 4 rings (SSSR count). The smallest absolute Gasteiger partial charge is 0.343 e. The van der Waals surface area contributed by atoms with Crippen LogP contribution in [-0.4, -0.2) is 36.2 Å². The van der Waals surface area contributed by atoms with E-state index in [9.17, 15) is 9.90 Å². The minimum atomic E-state index is -0.518. The van der Waals surface area contributed by atoms with E-state index in [1.54, 1.807) is 25.3 Å². The van der Waals surface area contributed by atoms with Gasteiger partial charge in [0, 0.05) is 18.6 Å². The molecular formula is C27H35NO5. The van der Waals surface area contributed by atoms with E-state index < -0.39 is 5.63 Å². The van der Waals surface area contributed by atoms with Crippen molar-refractivity contribution in [2.24, 2.45) is 0 Å². The summed E-state index contributed by atoms with van der Waals surface area (Å²) in [5, 5.41) is 13.5. The molecule has 178 valence electrons. The molecule has 3 atom stereocenters. The van der Waals surface area contributed by atoms with Crippen LogP contribution in [0.25, 0.3) is 11.0 Å². The van der Waals surface area contributed by atoms with Crippen molar-refractivity contribution in [3.8, 4) is 5.75 Å². The van der Waals surface area contributed by atoms with Gasteiger partial charge in [-0.15, -0.1) is 0 Å². The van der Waals surface area contributed by atoms with E-state index in [0.717, 1.165) is 24.8 Å². The van der Waals surface area contributed by atoms with Gasteiger partial charge in [-0.3, -0.25) is 4.84 Å². The van der Waals surface area contributed by atoms with E-state index in [2.05, 4.69) is 6.92 Å². The van der Waals surface area contributed by atoms with Crippen LogP contribution in [-0.2, 0) is 9.57 Å². The summed E-state index contributed by atoms with van der Waals surface area (Å²) in [6.45, 7) is 6.77. The van der Waals surface area contributed by atoms with E-state index >= 15 is 0 Å². The molecule has 1 fully saturated rings. The molecule has 33 heavy (non-hydrogen) atoms. The summed E-state index contributed by atoms with van der Waals surface area (Å²) in [4.78, 5) is 18.7. The molecule has 6 heteroatoms. The monoisotopic (exact) mass is 453 g/mol. The molecule has 1 aliphatic heterocycles. The Morgan fingerprint density at radius 2 is 1.79 bits per heavy atom. The molecule has 0 aliphatic carbocycles. The van der Waals surface area contributed by atoms with Crippen LogP contribution in [0.5, 0.6) is 5.75 Å². The van der Waals surface area contributed by atoms with Gasteiger partial charge < -0.3 is 14.3 Å². The lowest BCUT2D eigenvalue weighted by atomic mass is 9.86. The van der Waals surface area contributed by atoms with Gasteiger partial charge in [-0.1, -0.05) is 56.3 Å². The van der Waals surface area contributed by atoms with Gasteiger partial charge >= 0.3 is 5.63 Å². The van der Waals surface area contributed by atoms with Gasteiger partial charge in [-0.25, -0.2) is 4.79 Å². The van der Waals surface area contributed by atoms with Crippen LogP contribution in [0.15, 0.2) is 63.8 Å². The van der Waals surface area contributed by atoms with Crippen LogP contribution >= 0.6 is 0 Å². The number of fused-ring (bicyclic) bond motifs is 1. The minimum absolute atomic E-state index is 0.0224. The lowest BCUT2D eigenvalue weighted by Crippen LogP contribution is -2.44. The molecule has 6 nitrogen and oxygen atoms in total. The Morgan fingerprint density at radius 3 is 2.45 bits per heavy atom. The second-order valence-electron chi connectivity index (χ2n) is 8.06. The van der Waals surface area contributed by atoms with Crippen molar-refractivity contribution in [2.45, 2.75) is 64.6 Å². The zero-order chi connectivity index (χ0) is 23.8. The molecule has 0 spiro atoms. The Morgan fingerprint density at radius 1 is 1.09 bits per heavy atom. The third kappa shape index (κ3) is 5.64. The fourth-order valence-corrected chi connectivity index (χ4v) is 4.51. The third-order valence-corrected chi connectivity index (χ3v) is 6.03. The van der Waals surface area contributed by atoms with Crippen LogP contribution in [0.3, 0.4) is 0 Å². The first kappa shape index (κ1) is 25.0. The normalized spacial score (nSPS) is 17.9. The minimum Gasteiger partial charge on any atom is -0.507 e. The van der Waals surface area contributed by atoms with E-state index in [1.807, 2.05) is 55.3 Å². The Labute approximate surface area is 195 Å². The molecule has 1 aromatic heterocycles. The van der Waals surface area contributed by atoms with E-state index in [0.29, 0.717) is 24.0 Å². The summed E-state index contributed by atoms with van der Waals surface area (Å²) >= 11 is 0. The van der Waals surface area contributed by atoms with Crippen LogP contribution in [0.1, 0.15) is 63.5 Å². The zero-order valence-electron chi connectivity index (χ0n) is 20.0. The second-order valence-corrected chi connectivity index (χ2v) is 8.06. The van der Waals surface area contributed by atoms with Gasteiger partial charge in [0.25, 0.3) is 0 Å². The first-order chi connectivity index (χ1) is 16.1. The van der Waals surface area contributed by atoms with Crippen molar-refractivity contribution in [3.63, 3.8) is 0 Å². The highest BCUT2D eigenvalue weighted by molar-refractivity contribution is 5.84. The first-order valence-electron chi connectivity index (χ1n) is 11.8. The number of hydrogen-bond acceptors (Lipinski definition) is 6. The Hall–Kier alpha value is -2.67. The summed E-state index contributed by atoms with van der Waals surface area (Å²) in [6, 6.07) is 16.7. The summed E-state index contributed by atoms with van der Waals surface area (Å²) in [5.74, 6) is -0.385. The highest BCUT2D eigenvalue weighted by Gasteiger charge is 2.32. The van der Waals surface area contributed by atoms with E-state index in [4.69, 9.17) is 14.0 Å². The molecule has 1 aliphatic rings. The van der Waals surface area contributed by atoms with Gasteiger partial charge in [0.05, 0.1) is 18.1 Å². The summed E-state index contributed by atoms with van der Waals surface area (Å²) < 4.78 is 11.5. The van der Waals surface area contributed by atoms with Crippen LogP contribution < -0.4 is 5.63 Å². The standard InChI is InChI=1S/C25H29NO5.C2H6/c1-17(26(29-2)22-14-8-9-15-30-22)16-20(18-10-4-3-5-11-18)23-24(27)19-12-6-7-13-21(19)31-25(23)28;1-2/h3-7,10-13,17,20,22,27H,8-9,14-16H2,1-2H3;1-2H3/t17?,20?,22-;/m1./s1. The number of ether oxygens (including phenoxy) is 1. The van der Waals surface area contributed by atoms with Crippen molar-refractivity contribution < 1.29 is 19.1 Å². The van der Waals surface area contributed by atoms with Crippen LogP contribution in [0, 0.1) is 0 Å². The number of nitrogens with zero attached hydrogens (tertiary/aromatic N) is 1. The van der Waals surface area contributed by atoms with Crippen LogP contribution in [0.2, 0.25) is 0 Å². The molecule has 1 saturated heterocycles. The van der Waals surface area contributed by atoms with Crippen molar-refractivity contribution in [1.82, 2.24) is 5.06 Å². The molecule has 2 unspecified atom stereocenters. The molecule has 0 radical (unpaired) electrons. The number of aromatic hydroxyl groups is 1. The fraction of sp³-hybridized carbons (Fsp3) is 0.444. The van der Waals surface area contributed by atoms with Crippen molar-refractivity contribution in [3.05, 3.63) is 76.1 Å². The van der Waals surface area contributed by atoms with Gasteiger partial charge in [-0.2, -0.15) is 5.06 Å². The zero-order valence-corrected chi connectivity index (χ0v) is 20.0. The number of para-hydroxylation sites is 1. The predicted octanol–water partition coefficient (Wildman–Crippen LogP) is 5.83. The van der Waals surface area contributed by atoms with Crippen LogP contribution in [0.4, 0.5) is 0 Å². The average Bonchev–Trinajstić information content (AvgIpc) is 2.86. The molecule has 1 N–H and O–H groups in total. The highest BCUT2D eigenvalue weighted by atomic mass is 16.7. The summed E-state index contributed by atoms with van der Waals surface area (Å²) in [5.41, 5.74) is 1.07. The Balaban J connectivity index is 0.00000149. The maximum atomic E-state index is 13.0. The lowest BCUT2D eigenvalue weighted by Gasteiger charge is -2.37. The maximum absolute atomic E-state index is 13.0. The third-order valence-electron chi connectivity index (χ3n) is 6.03. The summed E-state index contributed by atoms with van der Waals surface area (Å²) in [6.07, 6.45) is 3.48. The lowest BCUT2D eigenvalue weighted by molar-refractivity contribution is -0.266. The van der Waals surface area contributed by atoms with E-state index in [-0.39, 0.29) is 29.5 Å². The maximum Gasteiger partial charge on any atom is 0.343 e. The van der Waals surface area contributed by atoms with Gasteiger partial charge in [0.2, 0.25) is 0 Å². The Bertz CT molecular complexity index is 1060. The number of benzene rings is 2. The van der Waals surface area contributed by atoms with Crippen molar-refractivity contribution in [2.75, 3.05) is 13.7 Å². The number of hydrogen-bond donors (Lipinski definition) is 1. The molecule has 0 saturated carbocycles. The molecular weight excluding hydrogens is 418 g/mol. The van der Waals surface area contributed by atoms with Gasteiger partial charge in [0.1, 0.15) is 17.6 Å². The van der Waals surface area contributed by atoms with E-state index in [1.165, 1.54) is 0 Å². The second kappa shape index (κ2) is 12.0. The van der Waals surface area contributed by atoms with Gasteiger partial charge in [0.15, 0.2) is 0 Å². The largest absolute Gasteiger partial charge is 0.507 e. The topological polar surface area (TPSA) is 72.1 Å². The highest BCUT2D eigenvalue weighted by Crippen LogP contribution is 2.37.